The molecule has 4 heteroatoms. The summed E-state index contributed by atoms with van der Waals surface area (Å²) in [6.07, 6.45) is 0. The first-order chi connectivity index (χ1) is 5.65. The van der Waals surface area contributed by atoms with Gasteiger partial charge in [0.25, 0.3) is 0 Å². The third-order valence-corrected chi connectivity index (χ3v) is 2.56. The third kappa shape index (κ3) is 2.19. The fourth-order valence-electron chi connectivity index (χ4n) is 0.862. The zero-order valence-electron chi connectivity index (χ0n) is 6.50. The molecular formula is C8H8Cl3N. The van der Waals surface area contributed by atoms with E-state index in [0.29, 0.717) is 15.1 Å². The van der Waals surface area contributed by atoms with Crippen molar-refractivity contribution >= 4 is 40.5 Å². The Labute approximate surface area is 86.6 Å². The van der Waals surface area contributed by atoms with Gasteiger partial charge in [0.1, 0.15) is 0 Å². The van der Waals surface area contributed by atoms with Crippen molar-refractivity contribution < 1.29 is 0 Å². The van der Waals surface area contributed by atoms with Gasteiger partial charge in [-0.2, -0.15) is 0 Å². The number of anilines is 1. The second-order valence-corrected chi connectivity index (χ2v) is 3.48. The average Bonchev–Trinajstić information content (AvgIpc) is 2.01. The highest BCUT2D eigenvalue weighted by Crippen LogP contribution is 2.32. The minimum atomic E-state index is 0.403. The molecule has 1 nitrogen and oxygen atoms in total. The third-order valence-electron chi connectivity index (χ3n) is 1.36. The Bertz CT molecular complexity index is 263. The zero-order chi connectivity index (χ0) is 9.14. The second-order valence-electron chi connectivity index (χ2n) is 2.28. The van der Waals surface area contributed by atoms with Crippen LogP contribution in [0.4, 0.5) is 5.69 Å². The molecule has 0 saturated heterocycles. The van der Waals surface area contributed by atoms with Gasteiger partial charge in [-0.1, -0.05) is 34.8 Å². The van der Waals surface area contributed by atoms with Crippen molar-refractivity contribution in [1.29, 1.82) is 0 Å². The van der Waals surface area contributed by atoms with Crippen molar-refractivity contribution in [1.82, 2.24) is 0 Å². The van der Waals surface area contributed by atoms with Gasteiger partial charge in [-0.15, -0.1) is 0 Å². The molecule has 1 N–H and O–H groups in total. The number of rotatable bonds is 2. The summed E-state index contributed by atoms with van der Waals surface area (Å²) in [5.41, 5.74) is 0.886. The molecule has 0 spiro atoms. The van der Waals surface area contributed by atoms with Gasteiger partial charge in [0.2, 0.25) is 0 Å². The van der Waals surface area contributed by atoms with Gasteiger partial charge in [0, 0.05) is 12.2 Å². The van der Waals surface area contributed by atoms with E-state index < -0.39 is 0 Å². The van der Waals surface area contributed by atoms with Crippen molar-refractivity contribution in [3.8, 4) is 0 Å². The Morgan fingerprint density at radius 1 is 1.17 bits per heavy atom. The Morgan fingerprint density at radius 3 is 2.08 bits per heavy atom. The summed E-state index contributed by atoms with van der Waals surface area (Å²) in [5.74, 6) is 0. The maximum absolute atomic E-state index is 5.80. The van der Waals surface area contributed by atoms with Crippen LogP contribution in [-0.4, -0.2) is 6.54 Å². The zero-order valence-corrected chi connectivity index (χ0v) is 8.76. The molecule has 1 rings (SSSR count). The highest BCUT2D eigenvalue weighted by Gasteiger charge is 2.04. The lowest BCUT2D eigenvalue weighted by molar-refractivity contribution is 1.21. The highest BCUT2D eigenvalue weighted by atomic mass is 35.5. The van der Waals surface area contributed by atoms with Crippen molar-refractivity contribution in [2.45, 2.75) is 6.92 Å². The molecule has 0 heterocycles. The van der Waals surface area contributed by atoms with E-state index in [9.17, 15) is 0 Å². The number of hydrogen-bond acceptors (Lipinski definition) is 1. The van der Waals surface area contributed by atoms with Gasteiger partial charge in [-0.25, -0.2) is 0 Å². The van der Waals surface area contributed by atoms with E-state index >= 15 is 0 Å². The SMILES string of the molecule is CCNc1cc(Cl)c(Cl)c(Cl)c1. The van der Waals surface area contributed by atoms with Crippen LogP contribution in [0.5, 0.6) is 0 Å². The lowest BCUT2D eigenvalue weighted by Gasteiger charge is -2.05. The second kappa shape index (κ2) is 4.22. The van der Waals surface area contributed by atoms with Crippen LogP contribution in [0, 0.1) is 0 Å². The molecule has 0 atom stereocenters. The molecule has 0 bridgehead atoms. The number of nitrogens with one attached hydrogen (secondary N) is 1. The van der Waals surface area contributed by atoms with Crippen LogP contribution in [0.25, 0.3) is 0 Å². The molecule has 12 heavy (non-hydrogen) atoms. The molecule has 0 fully saturated rings. The van der Waals surface area contributed by atoms with Crippen LogP contribution in [0.2, 0.25) is 15.1 Å². The lowest BCUT2D eigenvalue weighted by Crippen LogP contribution is -1.95. The van der Waals surface area contributed by atoms with Crippen LogP contribution < -0.4 is 5.32 Å². The number of halogens is 3. The summed E-state index contributed by atoms with van der Waals surface area (Å²) in [6, 6.07) is 3.50. The molecule has 1 aromatic rings. The first-order valence-electron chi connectivity index (χ1n) is 3.53. The topological polar surface area (TPSA) is 12.0 Å². The predicted octanol–water partition coefficient (Wildman–Crippen LogP) is 4.08. The summed E-state index contributed by atoms with van der Waals surface area (Å²) < 4.78 is 0. The van der Waals surface area contributed by atoms with E-state index in [2.05, 4.69) is 5.32 Å². The van der Waals surface area contributed by atoms with Crippen LogP contribution >= 0.6 is 34.8 Å². The molecule has 1 aromatic carbocycles. The van der Waals surface area contributed by atoms with Crippen molar-refractivity contribution in [2.75, 3.05) is 11.9 Å². The van der Waals surface area contributed by atoms with Crippen molar-refractivity contribution in [3.05, 3.63) is 27.2 Å². The van der Waals surface area contributed by atoms with Gasteiger partial charge in [-0.3, -0.25) is 0 Å². The fourth-order valence-corrected chi connectivity index (χ4v) is 1.46. The molecule has 0 unspecified atom stereocenters. The molecule has 66 valence electrons. The maximum Gasteiger partial charge on any atom is 0.0780 e. The Hall–Kier alpha value is -0.110. The summed E-state index contributed by atoms with van der Waals surface area (Å²) in [6.45, 7) is 2.82. The fraction of sp³-hybridized carbons (Fsp3) is 0.250. The van der Waals surface area contributed by atoms with Gasteiger partial charge in [0.15, 0.2) is 0 Å². The minimum Gasteiger partial charge on any atom is -0.385 e. The smallest absolute Gasteiger partial charge is 0.0780 e. The summed E-state index contributed by atoms with van der Waals surface area (Å²) in [5, 5.41) is 4.44. The lowest BCUT2D eigenvalue weighted by atomic mass is 10.3. The van der Waals surface area contributed by atoms with Crippen molar-refractivity contribution in [2.24, 2.45) is 0 Å². The molecule has 0 aliphatic carbocycles. The van der Waals surface area contributed by atoms with Crippen LogP contribution in [0.1, 0.15) is 6.92 Å². The predicted molar refractivity (Wildman–Crippen MR) is 55.6 cm³/mol. The molecule has 0 radical (unpaired) electrons. The number of benzene rings is 1. The minimum absolute atomic E-state index is 0.403. The molecule has 0 aromatic heterocycles. The Morgan fingerprint density at radius 2 is 1.67 bits per heavy atom. The van der Waals surface area contributed by atoms with E-state index in [0.717, 1.165) is 12.2 Å². The quantitative estimate of drug-likeness (QED) is 0.747. The average molecular weight is 225 g/mol. The van der Waals surface area contributed by atoms with E-state index in [1.807, 2.05) is 6.92 Å². The van der Waals surface area contributed by atoms with Crippen LogP contribution in [-0.2, 0) is 0 Å². The number of hydrogen-bond donors (Lipinski definition) is 1. The Kier molecular flexibility index (Phi) is 3.51. The summed E-state index contributed by atoms with van der Waals surface area (Å²) >= 11 is 17.4. The van der Waals surface area contributed by atoms with Gasteiger partial charge < -0.3 is 5.32 Å². The first kappa shape index (κ1) is 9.97. The van der Waals surface area contributed by atoms with Crippen LogP contribution in [0.3, 0.4) is 0 Å². The summed E-state index contributed by atoms with van der Waals surface area (Å²) in [4.78, 5) is 0. The van der Waals surface area contributed by atoms with E-state index in [-0.39, 0.29) is 0 Å². The van der Waals surface area contributed by atoms with E-state index in [1.54, 1.807) is 12.1 Å². The van der Waals surface area contributed by atoms with Gasteiger partial charge in [-0.05, 0) is 19.1 Å². The largest absolute Gasteiger partial charge is 0.385 e. The first-order valence-corrected chi connectivity index (χ1v) is 4.67. The maximum atomic E-state index is 5.80. The van der Waals surface area contributed by atoms with Gasteiger partial charge >= 0.3 is 0 Å². The Balaban J connectivity index is 3.04. The monoisotopic (exact) mass is 223 g/mol. The normalized spacial score (nSPS) is 10.0. The van der Waals surface area contributed by atoms with E-state index in [1.165, 1.54) is 0 Å². The van der Waals surface area contributed by atoms with Gasteiger partial charge in [0.05, 0.1) is 15.1 Å². The molecule has 0 aliphatic heterocycles. The van der Waals surface area contributed by atoms with Crippen molar-refractivity contribution in [3.63, 3.8) is 0 Å². The van der Waals surface area contributed by atoms with E-state index in [4.69, 9.17) is 34.8 Å². The standard InChI is InChI=1S/C8H8Cl3N/c1-2-12-5-3-6(9)8(11)7(10)4-5/h3-4,12H,2H2,1H3. The molecule has 0 amide bonds. The highest BCUT2D eigenvalue weighted by molar-refractivity contribution is 6.48. The summed E-state index contributed by atoms with van der Waals surface area (Å²) in [7, 11) is 0. The molecular weight excluding hydrogens is 216 g/mol. The molecule has 0 aliphatic rings. The molecule has 0 saturated carbocycles. The van der Waals surface area contributed by atoms with Crippen LogP contribution in [0.15, 0.2) is 12.1 Å².